The first kappa shape index (κ1) is 15.3. The van der Waals surface area contributed by atoms with Crippen molar-refractivity contribution in [2.75, 3.05) is 14.2 Å². The smallest absolute Gasteiger partial charge is 0.283 e. The van der Waals surface area contributed by atoms with Crippen LogP contribution in [0.15, 0.2) is 33.9 Å². The molecule has 0 aliphatic carbocycles. The molecule has 0 spiro atoms. The molecular weight excluding hydrogens is 316 g/mol. The number of carbonyl (C=O) groups excluding carboxylic acids is 1. The van der Waals surface area contributed by atoms with Gasteiger partial charge in [0.25, 0.3) is 5.91 Å². The van der Waals surface area contributed by atoms with Gasteiger partial charge < -0.3 is 9.47 Å². The molecule has 0 radical (unpaired) electrons. The average Bonchev–Trinajstić information content (AvgIpc) is 2.91. The molecule has 0 aromatic heterocycles. The molecule has 0 saturated heterocycles. The molecule has 1 N–H and O–H groups in total. The normalized spacial score (nSPS) is 18.7. The second-order valence-electron chi connectivity index (χ2n) is 4.75. The van der Waals surface area contributed by atoms with Crippen LogP contribution in [0, 0.1) is 5.41 Å². The Balaban J connectivity index is 2.06. The van der Waals surface area contributed by atoms with Crippen LogP contribution in [-0.2, 0) is 4.79 Å². The number of benzene rings is 1. The van der Waals surface area contributed by atoms with Crippen LogP contribution in [0.1, 0.15) is 12.5 Å². The number of hydrazone groups is 1. The molecule has 0 saturated carbocycles. The first-order valence-electron chi connectivity index (χ1n) is 6.72. The van der Waals surface area contributed by atoms with Crippen LogP contribution >= 0.6 is 11.8 Å². The van der Waals surface area contributed by atoms with Crippen molar-refractivity contribution in [1.82, 2.24) is 5.01 Å². The average molecular weight is 330 g/mol. The fourth-order valence-corrected chi connectivity index (χ4v) is 2.93. The van der Waals surface area contributed by atoms with Crippen LogP contribution in [-0.4, -0.2) is 41.2 Å². The van der Waals surface area contributed by atoms with Crippen LogP contribution < -0.4 is 9.47 Å². The predicted molar refractivity (Wildman–Crippen MR) is 90.2 cm³/mol. The number of amides is 1. The molecular formula is C15H14N4O3S. The third kappa shape index (κ3) is 2.72. The highest BCUT2D eigenvalue weighted by atomic mass is 32.2. The van der Waals surface area contributed by atoms with E-state index in [0.717, 1.165) is 5.04 Å². The molecule has 23 heavy (non-hydrogen) atoms. The van der Waals surface area contributed by atoms with Gasteiger partial charge in [-0.2, -0.15) is 15.1 Å². The van der Waals surface area contributed by atoms with Gasteiger partial charge in [-0.25, -0.2) is 0 Å². The van der Waals surface area contributed by atoms with Crippen LogP contribution in [0.2, 0.25) is 0 Å². The summed E-state index contributed by atoms with van der Waals surface area (Å²) in [6, 6.07) is 5.24. The molecule has 0 unspecified atom stereocenters. The lowest BCUT2D eigenvalue weighted by Crippen LogP contribution is -2.35. The summed E-state index contributed by atoms with van der Waals surface area (Å²) in [6.07, 6.45) is 1.57. The number of methoxy groups -OCH3 is 2. The number of nitrogens with one attached hydrogen (secondary N) is 1. The van der Waals surface area contributed by atoms with E-state index in [0.29, 0.717) is 22.2 Å². The van der Waals surface area contributed by atoms with E-state index in [1.54, 1.807) is 45.4 Å². The molecule has 1 aromatic carbocycles. The Bertz CT molecular complexity index is 798. The van der Waals surface area contributed by atoms with E-state index in [1.165, 1.54) is 16.8 Å². The van der Waals surface area contributed by atoms with Crippen LogP contribution in [0.3, 0.4) is 0 Å². The fraction of sp³-hybridized carbons (Fsp3) is 0.200. The van der Waals surface area contributed by atoms with E-state index in [1.807, 2.05) is 0 Å². The maximum atomic E-state index is 12.3. The van der Waals surface area contributed by atoms with E-state index in [9.17, 15) is 4.79 Å². The standard InChI is InChI=1S/C15H14N4O3S/c1-8-18-19-13(16)11(14(20)17-15(19)23-8)7-9-6-10(21-2)4-5-12(9)22-3/h4-7,16H,1-3H3. The second-order valence-corrected chi connectivity index (χ2v) is 5.91. The third-order valence-electron chi connectivity index (χ3n) is 3.29. The van der Waals surface area contributed by atoms with E-state index < -0.39 is 5.91 Å². The summed E-state index contributed by atoms with van der Waals surface area (Å²) in [7, 11) is 3.10. The van der Waals surface area contributed by atoms with E-state index in [4.69, 9.17) is 14.9 Å². The number of hydrogen-bond acceptors (Lipinski definition) is 6. The maximum absolute atomic E-state index is 12.3. The number of amidine groups is 2. The highest BCUT2D eigenvalue weighted by Crippen LogP contribution is 2.30. The molecule has 0 fully saturated rings. The number of aliphatic imine (C=N–C) groups is 1. The lowest BCUT2D eigenvalue weighted by Gasteiger charge is -2.20. The number of rotatable bonds is 3. The summed E-state index contributed by atoms with van der Waals surface area (Å²) < 4.78 is 10.5. The summed E-state index contributed by atoms with van der Waals surface area (Å²) in [6.45, 7) is 1.80. The van der Waals surface area contributed by atoms with Gasteiger partial charge in [-0.15, -0.1) is 0 Å². The van der Waals surface area contributed by atoms with Gasteiger partial charge in [-0.05, 0) is 43.0 Å². The topological polar surface area (TPSA) is 87.3 Å². The van der Waals surface area contributed by atoms with Crippen molar-refractivity contribution < 1.29 is 14.3 Å². The van der Waals surface area contributed by atoms with Gasteiger partial charge in [-0.1, -0.05) is 0 Å². The Morgan fingerprint density at radius 2 is 2.09 bits per heavy atom. The Morgan fingerprint density at radius 1 is 1.30 bits per heavy atom. The van der Waals surface area contributed by atoms with Gasteiger partial charge in [0.15, 0.2) is 5.84 Å². The number of nitrogens with zero attached hydrogens (tertiary/aromatic N) is 3. The Kier molecular flexibility index (Phi) is 3.91. The first-order chi connectivity index (χ1) is 11.0. The Labute approximate surface area is 137 Å². The maximum Gasteiger partial charge on any atom is 0.283 e. The zero-order chi connectivity index (χ0) is 16.6. The molecule has 1 amide bonds. The SMILES string of the molecule is COc1ccc(OC)c(C=C2C(=N)N3N=C(C)SC3=NC2=O)c1. The van der Waals surface area contributed by atoms with Gasteiger partial charge in [0, 0.05) is 5.56 Å². The van der Waals surface area contributed by atoms with Gasteiger partial charge in [-0.3, -0.25) is 10.2 Å². The fourth-order valence-electron chi connectivity index (χ4n) is 2.20. The zero-order valence-electron chi connectivity index (χ0n) is 12.8. The summed E-state index contributed by atoms with van der Waals surface area (Å²) >= 11 is 1.27. The minimum Gasteiger partial charge on any atom is -0.497 e. The Hall–Kier alpha value is -2.61. The molecule has 7 nitrogen and oxygen atoms in total. The number of thioether (sulfide) groups is 1. The zero-order valence-corrected chi connectivity index (χ0v) is 13.6. The van der Waals surface area contributed by atoms with E-state index >= 15 is 0 Å². The van der Waals surface area contributed by atoms with Crippen LogP contribution in [0.5, 0.6) is 11.5 Å². The van der Waals surface area contributed by atoms with Gasteiger partial charge >= 0.3 is 0 Å². The van der Waals surface area contributed by atoms with Gasteiger partial charge in [0.1, 0.15) is 11.5 Å². The van der Waals surface area contributed by atoms with Gasteiger partial charge in [0.05, 0.1) is 24.8 Å². The van der Waals surface area contributed by atoms with Crippen molar-refractivity contribution in [3.63, 3.8) is 0 Å². The second kappa shape index (κ2) is 5.88. The predicted octanol–water partition coefficient (Wildman–Crippen LogP) is 2.34. The molecule has 8 heteroatoms. The number of hydrogen-bond donors (Lipinski definition) is 1. The summed E-state index contributed by atoms with van der Waals surface area (Å²) in [5, 5.41) is 14.9. The number of ether oxygens (including phenoxy) is 2. The third-order valence-corrected chi connectivity index (χ3v) is 4.12. The van der Waals surface area contributed by atoms with Gasteiger partial charge in [0.2, 0.25) is 5.17 Å². The molecule has 2 aliphatic rings. The highest BCUT2D eigenvalue weighted by molar-refractivity contribution is 8.26. The van der Waals surface area contributed by atoms with E-state index in [-0.39, 0.29) is 11.4 Å². The quantitative estimate of drug-likeness (QED) is 0.860. The van der Waals surface area contributed by atoms with Crippen molar-refractivity contribution >= 4 is 39.8 Å². The number of carbonyl (C=O) groups is 1. The molecule has 3 rings (SSSR count). The molecule has 118 valence electrons. The summed E-state index contributed by atoms with van der Waals surface area (Å²) in [5.41, 5.74) is 0.783. The molecule has 1 aromatic rings. The van der Waals surface area contributed by atoms with Crippen molar-refractivity contribution in [3.8, 4) is 11.5 Å². The minimum atomic E-state index is -0.469. The Morgan fingerprint density at radius 3 is 2.78 bits per heavy atom. The largest absolute Gasteiger partial charge is 0.497 e. The summed E-state index contributed by atoms with van der Waals surface area (Å²) in [5.74, 6) is 0.726. The highest BCUT2D eigenvalue weighted by Gasteiger charge is 2.34. The monoisotopic (exact) mass is 330 g/mol. The minimum absolute atomic E-state index is 0.00535. The van der Waals surface area contributed by atoms with Crippen LogP contribution in [0.25, 0.3) is 6.08 Å². The summed E-state index contributed by atoms with van der Waals surface area (Å²) in [4.78, 5) is 16.2. The van der Waals surface area contributed by atoms with Crippen LogP contribution in [0.4, 0.5) is 0 Å². The molecule has 0 atom stereocenters. The van der Waals surface area contributed by atoms with Crippen molar-refractivity contribution in [2.45, 2.75) is 6.92 Å². The lowest BCUT2D eigenvalue weighted by molar-refractivity contribution is -0.114. The van der Waals surface area contributed by atoms with E-state index in [2.05, 4.69) is 10.1 Å². The van der Waals surface area contributed by atoms with Crippen molar-refractivity contribution in [3.05, 3.63) is 29.3 Å². The molecule has 2 heterocycles. The first-order valence-corrected chi connectivity index (χ1v) is 7.54. The molecule has 0 bridgehead atoms. The van der Waals surface area contributed by atoms with Crippen molar-refractivity contribution in [1.29, 1.82) is 5.41 Å². The lowest BCUT2D eigenvalue weighted by atomic mass is 10.1. The number of fused-ring (bicyclic) bond motifs is 1. The van der Waals surface area contributed by atoms with Crippen molar-refractivity contribution in [2.24, 2.45) is 10.1 Å². The molecule has 2 aliphatic heterocycles.